The molecule has 5 aromatic carbocycles. The van der Waals surface area contributed by atoms with E-state index in [4.69, 9.17) is 21.9 Å². The standard InChI is InChI=1S/C29H27BrO3.C8H9BrO.CH4.ClH/c1-31-27-16-10-24(11-17-27)29(23-6-4-3-5-7-23,25-12-18-28(32-2)19-13-25)33-21-20-22-8-14-26(30)15-9-22;9-8-3-1-7(2-4-8)5-6-10;;/h3-19H,20-21H2,1-2H3;1-4,10H,5-6H2;1H4;1H/i;;1T;/hD. The van der Waals surface area contributed by atoms with Crippen LogP contribution in [0, 0.1) is 0 Å². The van der Waals surface area contributed by atoms with Gasteiger partial charge >= 0.3 is 0 Å². The number of aliphatic hydroxyl groups excluding tert-OH is 1. The van der Waals surface area contributed by atoms with Crippen LogP contribution in [0.5, 0.6) is 11.5 Å². The predicted octanol–water partition coefficient (Wildman–Crippen LogP) is 10.1. The maximum absolute atomic E-state index is 8.58. The number of hydrogen-bond acceptors (Lipinski definition) is 4. The number of hydrogen-bond donors (Lipinski definition) is 1. The summed E-state index contributed by atoms with van der Waals surface area (Å²) in [5, 5.41) is 8.58. The lowest BCUT2D eigenvalue weighted by atomic mass is 9.80. The molecule has 0 unspecified atom stereocenters. The van der Waals surface area contributed by atoms with Gasteiger partial charge in [-0.05, 0) is 89.2 Å². The second-order valence-electron chi connectivity index (χ2n) is 9.83. The molecule has 5 rings (SSSR count). The van der Waals surface area contributed by atoms with Gasteiger partial charge in [-0.25, -0.2) is 0 Å². The first-order valence-corrected chi connectivity index (χ1v) is 15.7. The minimum atomic E-state index is -0.783. The lowest BCUT2D eigenvalue weighted by Gasteiger charge is -2.36. The highest BCUT2D eigenvalue weighted by Gasteiger charge is 2.37. The Kier molecular flexibility index (Phi) is 15.0. The van der Waals surface area contributed by atoms with E-state index in [0.29, 0.717) is 6.61 Å². The van der Waals surface area contributed by atoms with Gasteiger partial charge in [0.25, 0.3) is 0 Å². The smallest absolute Gasteiger partial charge is 0.147 e. The average Bonchev–Trinajstić information content (AvgIpc) is 3.14. The van der Waals surface area contributed by atoms with Gasteiger partial charge in [-0.15, -0.1) is 12.3 Å². The van der Waals surface area contributed by atoms with Crippen LogP contribution in [-0.4, -0.2) is 33.7 Å². The van der Waals surface area contributed by atoms with Gasteiger partial charge in [0.1, 0.15) is 18.3 Å². The molecule has 0 radical (unpaired) electrons. The molecule has 0 saturated heterocycles. The lowest BCUT2D eigenvalue weighted by molar-refractivity contribution is 0.0147. The number of rotatable bonds is 11. The number of aliphatic hydroxyl groups is 1. The van der Waals surface area contributed by atoms with Crippen molar-refractivity contribution in [2.45, 2.75) is 25.8 Å². The number of methoxy groups -OCH3 is 2. The molecular weight excluding hydrogens is 716 g/mol. The summed E-state index contributed by atoms with van der Waals surface area (Å²) < 4.78 is 30.8. The quantitative estimate of drug-likeness (QED) is 0.136. The first kappa shape index (κ1) is 34.7. The molecule has 4 nitrogen and oxygen atoms in total. The van der Waals surface area contributed by atoms with E-state index in [1.807, 2.05) is 54.6 Å². The molecule has 1 N–H and O–H groups in total. The van der Waals surface area contributed by atoms with Crippen LogP contribution in [0.1, 0.15) is 36.6 Å². The highest BCUT2D eigenvalue weighted by atomic mass is 79.9. The van der Waals surface area contributed by atoms with Gasteiger partial charge in [-0.1, -0.05) is 118 Å². The Balaban J connectivity index is 0.000000462. The Hall–Kier alpha value is -3.13. The van der Waals surface area contributed by atoms with Gasteiger partial charge in [-0.3, -0.25) is 0 Å². The first-order valence-electron chi connectivity index (χ1n) is 15.4. The fraction of sp³-hybridized carbons (Fsp3) is 0.211. The Bertz CT molecular complexity index is 1470. The summed E-state index contributed by atoms with van der Waals surface area (Å²) in [4.78, 5) is 0. The molecular formula is C38H41Br2ClO4. The Morgan fingerprint density at radius 3 is 1.44 bits per heavy atom. The average molecular weight is 760 g/mol. The normalized spacial score (nSPS) is 10.7. The van der Waals surface area contributed by atoms with Crippen molar-refractivity contribution in [3.8, 4) is 11.5 Å². The van der Waals surface area contributed by atoms with Gasteiger partial charge in [0.2, 0.25) is 0 Å². The maximum atomic E-state index is 8.58. The van der Waals surface area contributed by atoms with Crippen molar-refractivity contribution >= 4 is 44.2 Å². The molecule has 0 spiro atoms. The molecule has 0 atom stereocenters. The second-order valence-corrected chi connectivity index (χ2v) is 11.7. The predicted molar refractivity (Wildman–Crippen MR) is 195 cm³/mol. The van der Waals surface area contributed by atoms with E-state index in [-0.39, 0.29) is 6.61 Å². The van der Waals surface area contributed by atoms with Crippen molar-refractivity contribution in [3.05, 3.63) is 164 Å². The molecule has 0 aliphatic heterocycles. The molecule has 0 aliphatic rings. The van der Waals surface area contributed by atoms with Crippen LogP contribution in [0.25, 0.3) is 0 Å². The van der Waals surface area contributed by atoms with E-state index in [1.165, 1.54) is 18.5 Å². The van der Waals surface area contributed by atoms with Crippen LogP contribution in [0.3, 0.4) is 0 Å². The summed E-state index contributed by atoms with van der Waals surface area (Å²) in [7, 11) is 4.61. The van der Waals surface area contributed by atoms with Crippen LogP contribution < -0.4 is 9.47 Å². The van der Waals surface area contributed by atoms with Crippen molar-refractivity contribution in [1.82, 2.24) is 0 Å². The molecule has 0 saturated carbocycles. The van der Waals surface area contributed by atoms with Crippen LogP contribution in [0.4, 0.5) is 0 Å². The van der Waals surface area contributed by atoms with Gasteiger partial charge in [0.15, 0.2) is 0 Å². The maximum Gasteiger partial charge on any atom is 0.147 e. The molecule has 0 aromatic heterocycles. The van der Waals surface area contributed by atoms with E-state index in [2.05, 4.69) is 117 Å². The van der Waals surface area contributed by atoms with Crippen molar-refractivity contribution < 1.29 is 20.7 Å². The summed E-state index contributed by atoms with van der Waals surface area (Å²) in [6.07, 6.45) is 1.54. The fourth-order valence-electron chi connectivity index (χ4n) is 4.83. The van der Waals surface area contributed by atoms with Gasteiger partial charge in [0, 0.05) is 16.9 Å². The third-order valence-electron chi connectivity index (χ3n) is 7.11. The molecule has 0 heterocycles. The van der Waals surface area contributed by atoms with Crippen LogP contribution in [0.15, 0.2) is 136 Å². The second kappa shape index (κ2) is 19.4. The number of benzene rings is 5. The summed E-state index contributed by atoms with van der Waals surface area (Å²) in [5.74, 6) is 1.62. The highest BCUT2D eigenvalue weighted by Crippen LogP contribution is 2.41. The molecule has 0 fully saturated rings. The fourth-order valence-corrected chi connectivity index (χ4v) is 5.36. The third-order valence-corrected chi connectivity index (χ3v) is 8.17. The number of ether oxygens (including phenoxy) is 3. The van der Waals surface area contributed by atoms with Crippen LogP contribution in [-0.2, 0) is 23.2 Å². The van der Waals surface area contributed by atoms with E-state index >= 15 is 0 Å². The number of halogens is 3. The lowest BCUT2D eigenvalue weighted by Crippen LogP contribution is -2.33. The summed E-state index contributed by atoms with van der Waals surface area (Å²) in [5.41, 5.74) is 4.76. The zero-order valence-corrected chi connectivity index (χ0v) is 29.7. The molecule has 0 aliphatic carbocycles. The molecule has 45 heavy (non-hydrogen) atoms. The minimum absolute atomic E-state index is 0.224. The van der Waals surface area contributed by atoms with E-state index < -0.39 is 5.60 Å². The Morgan fingerprint density at radius 2 is 1.04 bits per heavy atom. The van der Waals surface area contributed by atoms with E-state index in [9.17, 15) is 0 Å². The van der Waals surface area contributed by atoms with Crippen LogP contribution in [0.2, 0.25) is 0 Å². The third kappa shape index (κ3) is 10.5. The SMILES string of the molecule is COc1ccc(C(OCCc2ccc(Br)cc2)(c2ccccc2)c2ccc(OC)cc2)cc1.OCCc1ccc(Br)cc1.[2H]Cl.[3H]C. The first-order chi connectivity index (χ1) is 23.0. The Labute approximate surface area is 293 Å². The van der Waals surface area contributed by atoms with Crippen molar-refractivity contribution in [2.75, 3.05) is 27.4 Å². The zero-order valence-electron chi connectivity index (χ0n) is 27.8. The molecule has 0 bridgehead atoms. The van der Waals surface area contributed by atoms with Crippen molar-refractivity contribution in [2.24, 2.45) is 0 Å². The minimum Gasteiger partial charge on any atom is -0.497 e. The molecule has 7 heteroatoms. The van der Waals surface area contributed by atoms with Crippen LogP contribution >= 0.6 is 44.2 Å². The molecule has 238 valence electrons. The Morgan fingerprint density at radius 1 is 0.644 bits per heavy atom. The molecule has 5 aromatic rings. The van der Waals surface area contributed by atoms with E-state index in [1.54, 1.807) is 14.2 Å². The monoisotopic (exact) mass is 757 g/mol. The highest BCUT2D eigenvalue weighted by molar-refractivity contribution is 9.10. The summed E-state index contributed by atoms with van der Waals surface area (Å²) in [6, 6.07) is 42.9. The van der Waals surface area contributed by atoms with Gasteiger partial charge in [0.05, 0.1) is 20.8 Å². The van der Waals surface area contributed by atoms with Crippen molar-refractivity contribution in [1.29, 1.82) is 1.17 Å². The van der Waals surface area contributed by atoms with Gasteiger partial charge in [-0.2, -0.15) is 0 Å². The van der Waals surface area contributed by atoms with E-state index in [0.717, 1.165) is 50.0 Å². The van der Waals surface area contributed by atoms with Crippen molar-refractivity contribution in [3.63, 3.8) is 0 Å². The topological polar surface area (TPSA) is 47.9 Å². The summed E-state index contributed by atoms with van der Waals surface area (Å²) >= 11 is 10.7. The van der Waals surface area contributed by atoms with Gasteiger partial charge < -0.3 is 19.3 Å². The zero-order chi connectivity index (χ0) is 34.5. The summed E-state index contributed by atoms with van der Waals surface area (Å²) in [6.45, 7) is 0.774. The largest absolute Gasteiger partial charge is 0.497 e. The molecule has 0 amide bonds.